The molecule has 5 atom stereocenters. The minimum atomic E-state index is -1.26. The van der Waals surface area contributed by atoms with Crippen molar-refractivity contribution in [1.82, 2.24) is 26.2 Å². The molecule has 1 aliphatic heterocycles. The van der Waals surface area contributed by atoms with Crippen molar-refractivity contribution in [2.24, 2.45) is 17.3 Å². The summed E-state index contributed by atoms with van der Waals surface area (Å²) in [6, 6.07) is 5.74. The molecule has 1 aromatic rings. The fourth-order valence-corrected chi connectivity index (χ4v) is 6.28. The minimum Gasteiger partial charge on any atom is -0.444 e. The maximum Gasteiger partial charge on any atom is 0.408 e. The van der Waals surface area contributed by atoms with Gasteiger partial charge in [0, 0.05) is 24.9 Å². The van der Waals surface area contributed by atoms with Crippen molar-refractivity contribution < 1.29 is 33.5 Å². The molecule has 2 aliphatic rings. The Balaban J connectivity index is 1.70. The smallest absolute Gasteiger partial charge is 0.408 e. The highest BCUT2D eigenvalue weighted by Crippen LogP contribution is 2.65. The molecule has 1 heterocycles. The molecular weight excluding hydrogens is 637 g/mol. The maximum absolute atomic E-state index is 14.0. The van der Waals surface area contributed by atoms with Crippen LogP contribution in [0.3, 0.4) is 0 Å². The van der Waals surface area contributed by atoms with Gasteiger partial charge in [-0.05, 0) is 38.2 Å². The van der Waals surface area contributed by atoms with Gasteiger partial charge in [-0.15, -0.1) is 23.2 Å². The molecule has 0 aromatic heterocycles. The van der Waals surface area contributed by atoms with Gasteiger partial charge in [0.2, 0.25) is 23.5 Å². The van der Waals surface area contributed by atoms with Gasteiger partial charge in [0.1, 0.15) is 22.0 Å². The first-order valence-electron chi connectivity index (χ1n) is 15.4. The van der Waals surface area contributed by atoms with Crippen LogP contribution in [0.2, 0.25) is 0 Å². The number of hydrogen-bond donors (Lipinski definition) is 4. The van der Waals surface area contributed by atoms with Crippen LogP contribution in [0.15, 0.2) is 30.3 Å². The third-order valence-electron chi connectivity index (χ3n) is 7.83. The number of nitrogens with one attached hydrogen (secondary N) is 4. The van der Waals surface area contributed by atoms with Crippen LogP contribution in [-0.2, 0) is 35.3 Å². The van der Waals surface area contributed by atoms with Gasteiger partial charge in [-0.25, -0.2) is 4.79 Å². The van der Waals surface area contributed by atoms with Gasteiger partial charge in [-0.2, -0.15) is 0 Å². The lowest BCUT2D eigenvalue weighted by molar-refractivity contribution is -0.145. The molecule has 5 unspecified atom stereocenters. The number of alkyl halides is 2. The Morgan fingerprint density at radius 2 is 1.61 bits per heavy atom. The Labute approximate surface area is 280 Å². The summed E-state index contributed by atoms with van der Waals surface area (Å²) < 4.78 is 4.11. The van der Waals surface area contributed by atoms with E-state index in [0.717, 1.165) is 5.56 Å². The van der Waals surface area contributed by atoms with Gasteiger partial charge in [0.05, 0.1) is 12.6 Å². The summed E-state index contributed by atoms with van der Waals surface area (Å²) in [7, 11) is 0. The SMILES string of the molecule is CCCC(NC(=O)C1C2C(CN1C(=O)C(NC(=O)OC(C)(C)C)C(C)(C)C)C2(Cl)Cl)C(=O)C(=O)NCC(=O)NCc1ccccc1. The Bertz CT molecular complexity index is 1330. The molecule has 3 rings (SSSR count). The van der Waals surface area contributed by atoms with Gasteiger partial charge < -0.3 is 30.9 Å². The van der Waals surface area contributed by atoms with Crippen molar-refractivity contribution >= 4 is 58.7 Å². The molecule has 254 valence electrons. The number of ether oxygens (including phenoxy) is 1. The highest BCUT2D eigenvalue weighted by Gasteiger charge is 2.74. The van der Waals surface area contributed by atoms with Crippen molar-refractivity contribution in [3.63, 3.8) is 0 Å². The van der Waals surface area contributed by atoms with Crippen LogP contribution >= 0.6 is 23.2 Å². The highest BCUT2D eigenvalue weighted by molar-refractivity contribution is 6.51. The number of hydrogen-bond acceptors (Lipinski definition) is 7. The summed E-state index contributed by atoms with van der Waals surface area (Å²) in [5.41, 5.74) is -0.704. The summed E-state index contributed by atoms with van der Waals surface area (Å²) in [4.78, 5) is 79.8. The van der Waals surface area contributed by atoms with E-state index < -0.39 is 87.4 Å². The average molecular weight is 683 g/mol. The number of amides is 5. The lowest BCUT2D eigenvalue weighted by Crippen LogP contribution is -2.61. The molecule has 14 heteroatoms. The third-order valence-corrected chi connectivity index (χ3v) is 8.90. The predicted octanol–water partition coefficient (Wildman–Crippen LogP) is 2.84. The number of alkyl carbamates (subject to hydrolysis) is 1. The first-order valence-corrected chi connectivity index (χ1v) is 16.1. The molecule has 0 bridgehead atoms. The zero-order chi connectivity index (χ0) is 34.6. The first-order chi connectivity index (χ1) is 21.3. The predicted molar refractivity (Wildman–Crippen MR) is 173 cm³/mol. The molecular formula is C32H45Cl2N5O7. The Morgan fingerprint density at radius 1 is 0.978 bits per heavy atom. The summed E-state index contributed by atoms with van der Waals surface area (Å²) in [6.07, 6.45) is -0.213. The van der Waals surface area contributed by atoms with Gasteiger partial charge in [-0.3, -0.25) is 24.0 Å². The van der Waals surface area contributed by atoms with Crippen LogP contribution in [0.5, 0.6) is 0 Å². The fraction of sp³-hybridized carbons (Fsp3) is 0.625. The van der Waals surface area contributed by atoms with E-state index in [2.05, 4.69) is 21.3 Å². The number of nitrogens with zero attached hydrogens (tertiary/aromatic N) is 1. The summed E-state index contributed by atoms with van der Waals surface area (Å²) in [6.45, 7) is 12.1. The van der Waals surface area contributed by atoms with E-state index in [0.29, 0.717) is 6.42 Å². The number of Topliss-reactive ketones (excluding diaryl/α,β-unsaturated/α-hetero) is 1. The van der Waals surface area contributed by atoms with E-state index in [9.17, 15) is 28.8 Å². The number of halogens is 2. The summed E-state index contributed by atoms with van der Waals surface area (Å²) in [5.74, 6) is -4.72. The number of carbonyl (C=O) groups is 6. The quantitative estimate of drug-likeness (QED) is 0.195. The summed E-state index contributed by atoms with van der Waals surface area (Å²) >= 11 is 13.0. The number of ketones is 1. The maximum atomic E-state index is 14.0. The third kappa shape index (κ3) is 9.34. The van der Waals surface area contributed by atoms with Gasteiger partial charge in [-0.1, -0.05) is 64.4 Å². The Morgan fingerprint density at radius 3 is 2.17 bits per heavy atom. The van der Waals surface area contributed by atoms with Gasteiger partial charge in [0.25, 0.3) is 5.91 Å². The lowest BCUT2D eigenvalue weighted by Gasteiger charge is -2.37. The van der Waals surface area contributed by atoms with Crippen LogP contribution in [0.1, 0.15) is 66.9 Å². The molecule has 4 N–H and O–H groups in total. The molecule has 1 aromatic carbocycles. The van der Waals surface area contributed by atoms with E-state index >= 15 is 0 Å². The standard InChI is InChI=1S/C32H45Cl2N5O7/c1-8-12-20(24(41)27(43)36-16-21(40)35-15-18-13-10-9-11-14-18)37-26(42)23-22-19(32(22,33)34)17-39(23)28(44)25(30(2,3)4)38-29(45)46-31(5,6)7/h9-11,13-14,19-20,22-23,25H,8,12,15-17H2,1-7H3,(H,35,40)(H,36,43)(H,37,42)(H,38,45). The number of likely N-dealkylation sites (tertiary alicyclic amines) is 1. The van der Waals surface area contributed by atoms with E-state index in [1.54, 1.807) is 48.5 Å². The normalized spacial score (nSPS) is 21.2. The van der Waals surface area contributed by atoms with Crippen molar-refractivity contribution in [3.8, 4) is 0 Å². The van der Waals surface area contributed by atoms with E-state index in [1.807, 2.05) is 30.3 Å². The Hall–Kier alpha value is -3.38. The molecule has 1 saturated carbocycles. The molecule has 1 saturated heterocycles. The van der Waals surface area contributed by atoms with Crippen molar-refractivity contribution in [1.29, 1.82) is 0 Å². The second-order valence-electron chi connectivity index (χ2n) is 13.8. The van der Waals surface area contributed by atoms with Crippen molar-refractivity contribution in [2.75, 3.05) is 13.1 Å². The molecule has 2 fully saturated rings. The van der Waals surface area contributed by atoms with Crippen molar-refractivity contribution in [3.05, 3.63) is 35.9 Å². The number of carbonyl (C=O) groups excluding carboxylic acids is 6. The zero-order valence-corrected chi connectivity index (χ0v) is 28.9. The van der Waals surface area contributed by atoms with Crippen LogP contribution in [0.25, 0.3) is 0 Å². The average Bonchev–Trinajstić information content (AvgIpc) is 3.27. The number of rotatable bonds is 12. The second kappa shape index (κ2) is 14.6. The van der Waals surface area contributed by atoms with Crippen LogP contribution < -0.4 is 21.3 Å². The van der Waals surface area contributed by atoms with Gasteiger partial charge in [0.15, 0.2) is 0 Å². The Kier molecular flexibility index (Phi) is 11.8. The zero-order valence-electron chi connectivity index (χ0n) is 27.4. The van der Waals surface area contributed by atoms with E-state index in [4.69, 9.17) is 27.9 Å². The molecule has 5 amide bonds. The van der Waals surface area contributed by atoms with Crippen LogP contribution in [0, 0.1) is 17.3 Å². The first kappa shape index (κ1) is 37.1. The minimum absolute atomic E-state index is 0.0577. The molecule has 0 spiro atoms. The highest BCUT2D eigenvalue weighted by atomic mass is 35.5. The fourth-order valence-electron chi connectivity index (χ4n) is 5.45. The number of piperidine rings is 1. The monoisotopic (exact) mass is 681 g/mol. The largest absolute Gasteiger partial charge is 0.444 e. The van der Waals surface area contributed by atoms with E-state index in [1.165, 1.54) is 4.90 Å². The molecule has 46 heavy (non-hydrogen) atoms. The molecule has 12 nitrogen and oxygen atoms in total. The van der Waals surface area contributed by atoms with E-state index in [-0.39, 0.29) is 19.5 Å². The topological polar surface area (TPSA) is 163 Å². The van der Waals surface area contributed by atoms with Crippen LogP contribution in [0.4, 0.5) is 4.79 Å². The van der Waals surface area contributed by atoms with Crippen molar-refractivity contribution in [2.45, 2.75) is 95.9 Å². The number of benzene rings is 1. The van der Waals surface area contributed by atoms with Crippen LogP contribution in [-0.4, -0.2) is 81.6 Å². The van der Waals surface area contributed by atoms with Gasteiger partial charge >= 0.3 is 6.09 Å². The lowest BCUT2D eigenvalue weighted by atomic mass is 9.85. The summed E-state index contributed by atoms with van der Waals surface area (Å²) in [5, 5.41) is 10.2. The second-order valence-corrected chi connectivity index (χ2v) is 15.3. The number of fused-ring (bicyclic) bond motifs is 1. The molecule has 1 aliphatic carbocycles. The molecule has 0 radical (unpaired) electrons.